The first kappa shape index (κ1) is 14.1. The zero-order valence-electron chi connectivity index (χ0n) is 11.8. The second kappa shape index (κ2) is 6.28. The summed E-state index contributed by atoms with van der Waals surface area (Å²) in [5, 5.41) is 9.96. The first-order chi connectivity index (χ1) is 10.3. The predicted octanol–water partition coefficient (Wildman–Crippen LogP) is 2.54. The van der Waals surface area contributed by atoms with Crippen molar-refractivity contribution in [3.8, 4) is 0 Å². The highest BCUT2D eigenvalue weighted by Crippen LogP contribution is 2.20. The summed E-state index contributed by atoms with van der Waals surface area (Å²) in [4.78, 5) is 11.2. The molecule has 2 aromatic rings. The smallest absolute Gasteiger partial charge is 0.336 e. The molecule has 112 valence electrons. The summed E-state index contributed by atoms with van der Waals surface area (Å²) < 4.78 is 13.2. The third-order valence-electron chi connectivity index (χ3n) is 3.85. The van der Waals surface area contributed by atoms with Crippen LogP contribution in [-0.4, -0.2) is 41.6 Å². The lowest BCUT2D eigenvalue weighted by molar-refractivity contribution is -0.0515. The molecular weight excluding hydrogens is 270 g/mol. The number of carboxylic acid groups (broad SMARTS) is 1. The van der Waals surface area contributed by atoms with Crippen molar-refractivity contribution in [3.05, 3.63) is 36.0 Å². The molecule has 0 bridgehead atoms. The number of aromatic nitrogens is 1. The van der Waals surface area contributed by atoms with Gasteiger partial charge < -0.3 is 19.1 Å². The molecule has 1 atom stereocenters. The van der Waals surface area contributed by atoms with E-state index < -0.39 is 5.97 Å². The van der Waals surface area contributed by atoms with Gasteiger partial charge in [-0.15, -0.1) is 0 Å². The Morgan fingerprint density at radius 1 is 1.43 bits per heavy atom. The van der Waals surface area contributed by atoms with Crippen LogP contribution in [0.1, 0.15) is 23.2 Å². The third-order valence-corrected chi connectivity index (χ3v) is 3.85. The maximum atomic E-state index is 11.2. The molecule has 1 aliphatic heterocycles. The van der Waals surface area contributed by atoms with Crippen LogP contribution in [0, 0.1) is 0 Å². The van der Waals surface area contributed by atoms with Crippen LogP contribution in [0.15, 0.2) is 30.5 Å². The maximum absolute atomic E-state index is 11.2. The quantitative estimate of drug-likeness (QED) is 0.919. The number of nitrogens with zero attached hydrogens (tertiary/aromatic N) is 1. The van der Waals surface area contributed by atoms with E-state index in [1.54, 1.807) is 12.1 Å². The summed E-state index contributed by atoms with van der Waals surface area (Å²) in [5.41, 5.74) is 1.27. The number of ether oxygens (including phenoxy) is 2. The second-order valence-electron chi connectivity index (χ2n) is 5.26. The van der Waals surface area contributed by atoms with E-state index in [4.69, 9.17) is 9.47 Å². The average Bonchev–Trinajstić information content (AvgIpc) is 2.91. The van der Waals surface area contributed by atoms with Crippen molar-refractivity contribution in [1.29, 1.82) is 0 Å². The normalized spacial score (nSPS) is 19.0. The van der Waals surface area contributed by atoms with E-state index in [1.165, 1.54) is 0 Å². The van der Waals surface area contributed by atoms with Gasteiger partial charge in [0, 0.05) is 30.3 Å². The number of carboxylic acids is 1. The molecule has 1 aromatic carbocycles. The molecule has 1 unspecified atom stereocenters. The van der Waals surface area contributed by atoms with Crippen LogP contribution >= 0.6 is 0 Å². The van der Waals surface area contributed by atoms with Crippen molar-refractivity contribution < 1.29 is 19.4 Å². The van der Waals surface area contributed by atoms with E-state index in [0.29, 0.717) is 25.3 Å². The van der Waals surface area contributed by atoms with Gasteiger partial charge >= 0.3 is 5.97 Å². The highest BCUT2D eigenvalue weighted by molar-refractivity contribution is 6.02. The predicted molar refractivity (Wildman–Crippen MR) is 78.7 cm³/mol. The van der Waals surface area contributed by atoms with Gasteiger partial charge in [-0.2, -0.15) is 0 Å². The molecule has 0 amide bonds. The highest BCUT2D eigenvalue weighted by atomic mass is 16.5. The van der Waals surface area contributed by atoms with E-state index in [9.17, 15) is 9.90 Å². The Bertz CT molecular complexity index is 628. The van der Waals surface area contributed by atoms with Gasteiger partial charge in [-0.25, -0.2) is 4.79 Å². The molecule has 0 saturated carbocycles. The molecule has 1 N–H and O–H groups in total. The van der Waals surface area contributed by atoms with Crippen LogP contribution in [0.25, 0.3) is 10.9 Å². The second-order valence-corrected chi connectivity index (χ2v) is 5.26. The standard InChI is InChI=1S/C16H19NO4/c18-16(19)14-4-1-5-15-13(14)6-7-17(15)8-10-21-12-3-2-9-20-11-12/h1,4-7,12H,2-3,8-11H2,(H,18,19). The minimum Gasteiger partial charge on any atom is -0.478 e. The molecular formula is C16H19NO4. The zero-order chi connectivity index (χ0) is 14.7. The SMILES string of the molecule is O=C(O)c1cccc2c1ccn2CCOC1CCCOC1. The number of hydrogen-bond donors (Lipinski definition) is 1. The van der Waals surface area contributed by atoms with Crippen LogP contribution in [0.3, 0.4) is 0 Å². The lowest BCUT2D eigenvalue weighted by Crippen LogP contribution is -2.26. The fourth-order valence-electron chi connectivity index (χ4n) is 2.77. The first-order valence-corrected chi connectivity index (χ1v) is 7.26. The van der Waals surface area contributed by atoms with Crippen molar-refractivity contribution in [2.75, 3.05) is 19.8 Å². The Balaban J connectivity index is 1.67. The van der Waals surface area contributed by atoms with E-state index in [2.05, 4.69) is 0 Å². The van der Waals surface area contributed by atoms with Gasteiger partial charge in [0.15, 0.2) is 0 Å². The van der Waals surface area contributed by atoms with Crippen LogP contribution in [0.5, 0.6) is 0 Å². The van der Waals surface area contributed by atoms with Crippen molar-refractivity contribution >= 4 is 16.9 Å². The molecule has 1 aromatic heterocycles. The number of aromatic carboxylic acids is 1. The van der Waals surface area contributed by atoms with E-state index in [1.807, 2.05) is 22.9 Å². The van der Waals surface area contributed by atoms with E-state index in [-0.39, 0.29) is 6.10 Å². The molecule has 2 heterocycles. The summed E-state index contributed by atoms with van der Waals surface area (Å²) in [6, 6.07) is 7.19. The minimum atomic E-state index is -0.894. The number of carbonyl (C=O) groups is 1. The Hall–Kier alpha value is -1.85. The van der Waals surface area contributed by atoms with Crippen molar-refractivity contribution in [2.45, 2.75) is 25.5 Å². The Morgan fingerprint density at radius 2 is 2.33 bits per heavy atom. The van der Waals surface area contributed by atoms with Crippen LogP contribution < -0.4 is 0 Å². The molecule has 5 heteroatoms. The van der Waals surface area contributed by atoms with Crippen molar-refractivity contribution in [3.63, 3.8) is 0 Å². The van der Waals surface area contributed by atoms with Gasteiger partial charge in [0.05, 0.1) is 24.9 Å². The topological polar surface area (TPSA) is 60.7 Å². The maximum Gasteiger partial charge on any atom is 0.336 e. The van der Waals surface area contributed by atoms with Gasteiger partial charge in [-0.3, -0.25) is 0 Å². The third kappa shape index (κ3) is 3.09. The molecule has 0 spiro atoms. The Kier molecular flexibility index (Phi) is 4.22. The summed E-state index contributed by atoms with van der Waals surface area (Å²) in [6.07, 6.45) is 4.21. The monoisotopic (exact) mass is 289 g/mol. The van der Waals surface area contributed by atoms with Crippen molar-refractivity contribution in [1.82, 2.24) is 4.57 Å². The molecule has 1 fully saturated rings. The average molecular weight is 289 g/mol. The summed E-state index contributed by atoms with van der Waals surface area (Å²) in [7, 11) is 0. The number of hydrogen-bond acceptors (Lipinski definition) is 3. The zero-order valence-corrected chi connectivity index (χ0v) is 11.8. The molecule has 3 rings (SSSR count). The Labute approximate surface area is 123 Å². The Morgan fingerprint density at radius 3 is 3.10 bits per heavy atom. The first-order valence-electron chi connectivity index (χ1n) is 7.26. The van der Waals surface area contributed by atoms with Crippen LogP contribution in [0.2, 0.25) is 0 Å². The lowest BCUT2D eigenvalue weighted by Gasteiger charge is -2.22. The number of fused-ring (bicyclic) bond motifs is 1. The van der Waals surface area contributed by atoms with Gasteiger partial charge in [0.1, 0.15) is 0 Å². The van der Waals surface area contributed by atoms with Gasteiger partial charge in [-0.1, -0.05) is 6.07 Å². The largest absolute Gasteiger partial charge is 0.478 e. The molecule has 0 radical (unpaired) electrons. The molecule has 0 aliphatic carbocycles. The fraction of sp³-hybridized carbons (Fsp3) is 0.438. The van der Waals surface area contributed by atoms with E-state index >= 15 is 0 Å². The van der Waals surface area contributed by atoms with E-state index in [0.717, 1.165) is 30.4 Å². The molecule has 1 saturated heterocycles. The fourth-order valence-corrected chi connectivity index (χ4v) is 2.77. The van der Waals surface area contributed by atoms with Crippen molar-refractivity contribution in [2.24, 2.45) is 0 Å². The molecule has 21 heavy (non-hydrogen) atoms. The summed E-state index contributed by atoms with van der Waals surface area (Å²) in [6.45, 7) is 2.83. The molecule has 1 aliphatic rings. The highest BCUT2D eigenvalue weighted by Gasteiger charge is 2.14. The van der Waals surface area contributed by atoms with Gasteiger partial charge in [-0.05, 0) is 31.0 Å². The summed E-state index contributed by atoms with van der Waals surface area (Å²) >= 11 is 0. The minimum absolute atomic E-state index is 0.190. The van der Waals surface area contributed by atoms with Gasteiger partial charge in [0.25, 0.3) is 0 Å². The summed E-state index contributed by atoms with van der Waals surface area (Å²) in [5.74, 6) is -0.894. The number of benzene rings is 1. The van der Waals surface area contributed by atoms with Crippen LogP contribution in [-0.2, 0) is 16.0 Å². The van der Waals surface area contributed by atoms with Crippen LogP contribution in [0.4, 0.5) is 0 Å². The molecule has 5 nitrogen and oxygen atoms in total. The lowest BCUT2D eigenvalue weighted by atomic mass is 10.1. The van der Waals surface area contributed by atoms with Gasteiger partial charge in [0.2, 0.25) is 0 Å². The number of rotatable bonds is 5.